The molecule has 1 heterocycles. The van der Waals surface area contributed by atoms with Gasteiger partial charge in [-0.05, 0) is 12.1 Å². The molecular formula is C11H10N4O3. The molecule has 0 saturated heterocycles. The first-order valence-electron chi connectivity index (χ1n) is 5.08. The molecule has 0 fully saturated rings. The van der Waals surface area contributed by atoms with Crippen LogP contribution in [0.2, 0.25) is 0 Å². The van der Waals surface area contributed by atoms with Gasteiger partial charge in [0.2, 0.25) is 0 Å². The van der Waals surface area contributed by atoms with E-state index in [1.54, 1.807) is 30.5 Å². The van der Waals surface area contributed by atoms with Gasteiger partial charge in [0, 0.05) is 5.56 Å². The molecule has 1 aromatic carbocycles. The highest BCUT2D eigenvalue weighted by Crippen LogP contribution is 2.15. The van der Waals surface area contributed by atoms with E-state index < -0.39 is 12.6 Å². The van der Waals surface area contributed by atoms with E-state index in [9.17, 15) is 4.79 Å². The predicted octanol–water partition coefficient (Wildman–Crippen LogP) is 0.624. The molecule has 0 radical (unpaired) electrons. The quantitative estimate of drug-likeness (QED) is 0.781. The fourth-order valence-corrected chi connectivity index (χ4v) is 1.24. The average Bonchev–Trinajstić information content (AvgIpc) is 2.88. The third-order valence-electron chi connectivity index (χ3n) is 2.01. The van der Waals surface area contributed by atoms with Gasteiger partial charge in [0.25, 0.3) is 0 Å². The van der Waals surface area contributed by atoms with Crippen molar-refractivity contribution in [3.05, 3.63) is 42.5 Å². The maximum atomic E-state index is 10.4. The first-order chi connectivity index (χ1) is 8.75. The second-order valence-electron chi connectivity index (χ2n) is 3.31. The van der Waals surface area contributed by atoms with Gasteiger partial charge in [-0.15, -0.1) is 10.2 Å². The van der Waals surface area contributed by atoms with Crippen LogP contribution in [0.4, 0.5) is 0 Å². The largest absolute Gasteiger partial charge is 0.481 e. The topological polar surface area (TPSA) is 89.6 Å². The first kappa shape index (κ1) is 11.8. The molecule has 2 aromatic rings. The summed E-state index contributed by atoms with van der Waals surface area (Å²) in [6, 6.07) is 7.01. The second kappa shape index (κ2) is 5.58. The lowest BCUT2D eigenvalue weighted by Crippen LogP contribution is -2.10. The Kier molecular flexibility index (Phi) is 3.65. The number of carboxylic acids is 1. The summed E-state index contributed by atoms with van der Waals surface area (Å²) in [7, 11) is 0. The third-order valence-corrected chi connectivity index (χ3v) is 2.01. The van der Waals surface area contributed by atoms with Gasteiger partial charge in [0.05, 0.1) is 6.21 Å². The van der Waals surface area contributed by atoms with Crippen molar-refractivity contribution >= 4 is 12.2 Å². The molecule has 0 amide bonds. The Bertz CT molecular complexity index is 551. The minimum atomic E-state index is -1.03. The molecule has 18 heavy (non-hydrogen) atoms. The highest BCUT2D eigenvalue weighted by atomic mass is 16.5. The molecule has 0 unspecified atom stereocenters. The molecular weight excluding hydrogens is 236 g/mol. The Labute approximate surface area is 102 Å². The van der Waals surface area contributed by atoms with E-state index in [1.807, 2.05) is 0 Å². The van der Waals surface area contributed by atoms with E-state index in [4.69, 9.17) is 9.84 Å². The van der Waals surface area contributed by atoms with Crippen LogP contribution < -0.4 is 4.74 Å². The number of benzene rings is 1. The van der Waals surface area contributed by atoms with E-state index in [2.05, 4.69) is 15.3 Å². The van der Waals surface area contributed by atoms with E-state index in [0.29, 0.717) is 11.3 Å². The number of nitrogens with zero attached hydrogens (tertiary/aromatic N) is 4. The average molecular weight is 246 g/mol. The van der Waals surface area contributed by atoms with E-state index in [0.717, 1.165) is 0 Å². The van der Waals surface area contributed by atoms with Crippen LogP contribution in [0.1, 0.15) is 5.56 Å². The molecule has 7 heteroatoms. The van der Waals surface area contributed by atoms with Crippen molar-refractivity contribution < 1.29 is 14.6 Å². The summed E-state index contributed by atoms with van der Waals surface area (Å²) in [5.41, 5.74) is 0.674. The summed E-state index contributed by atoms with van der Waals surface area (Å²) in [5, 5.41) is 19.8. The van der Waals surface area contributed by atoms with E-state index in [1.165, 1.54) is 17.3 Å². The van der Waals surface area contributed by atoms with Gasteiger partial charge in [-0.1, -0.05) is 12.1 Å². The van der Waals surface area contributed by atoms with E-state index >= 15 is 0 Å². The van der Waals surface area contributed by atoms with Crippen LogP contribution in [0, 0.1) is 0 Å². The molecule has 92 valence electrons. The maximum Gasteiger partial charge on any atom is 0.341 e. The summed E-state index contributed by atoms with van der Waals surface area (Å²) in [5.74, 6) is -0.572. The highest BCUT2D eigenvalue weighted by Gasteiger charge is 2.03. The van der Waals surface area contributed by atoms with Gasteiger partial charge < -0.3 is 9.84 Å². The van der Waals surface area contributed by atoms with Crippen molar-refractivity contribution in [2.75, 3.05) is 6.61 Å². The van der Waals surface area contributed by atoms with Gasteiger partial charge in [-0.25, -0.2) is 9.47 Å². The number of ether oxygens (including phenoxy) is 1. The summed E-state index contributed by atoms with van der Waals surface area (Å²) in [6.07, 6.45) is 4.43. The Morgan fingerprint density at radius 1 is 1.39 bits per heavy atom. The lowest BCUT2D eigenvalue weighted by atomic mass is 10.2. The zero-order valence-corrected chi connectivity index (χ0v) is 9.30. The number of aromatic nitrogens is 3. The Hall–Kier alpha value is -2.70. The smallest absolute Gasteiger partial charge is 0.341 e. The molecule has 0 aliphatic carbocycles. The molecule has 0 bridgehead atoms. The SMILES string of the molecule is O=C(O)COc1ccccc1/C=N/n1cnnc1. The van der Waals surface area contributed by atoms with Gasteiger partial charge >= 0.3 is 5.97 Å². The predicted molar refractivity (Wildman–Crippen MR) is 62.6 cm³/mol. The second-order valence-corrected chi connectivity index (χ2v) is 3.31. The number of carbonyl (C=O) groups is 1. The van der Waals surface area contributed by atoms with Gasteiger partial charge in [0.15, 0.2) is 6.61 Å². The highest BCUT2D eigenvalue weighted by molar-refractivity contribution is 5.83. The van der Waals surface area contributed by atoms with Crippen molar-refractivity contribution in [1.29, 1.82) is 0 Å². The fourth-order valence-electron chi connectivity index (χ4n) is 1.24. The minimum absolute atomic E-state index is 0.391. The normalized spacial score (nSPS) is 10.7. The minimum Gasteiger partial charge on any atom is -0.481 e. The standard InChI is InChI=1S/C11H10N4O3/c16-11(17)6-18-10-4-2-1-3-9(10)5-14-15-7-12-13-8-15/h1-5,7-8H,6H2,(H,16,17)/b14-5+. The van der Waals surface area contributed by atoms with Gasteiger partial charge in [0.1, 0.15) is 18.4 Å². The van der Waals surface area contributed by atoms with Crippen molar-refractivity contribution in [3.8, 4) is 5.75 Å². The molecule has 0 spiro atoms. The monoisotopic (exact) mass is 246 g/mol. The molecule has 0 aliphatic rings. The van der Waals surface area contributed by atoms with Crippen LogP contribution in [0.3, 0.4) is 0 Å². The van der Waals surface area contributed by atoms with Crippen molar-refractivity contribution in [2.45, 2.75) is 0 Å². The summed E-state index contributed by atoms with van der Waals surface area (Å²) in [6.45, 7) is -0.391. The lowest BCUT2D eigenvalue weighted by molar-refractivity contribution is -0.139. The zero-order chi connectivity index (χ0) is 12.8. The van der Waals surface area contributed by atoms with Gasteiger partial charge in [-0.2, -0.15) is 5.10 Å². The first-order valence-corrected chi connectivity index (χ1v) is 5.08. The van der Waals surface area contributed by atoms with Crippen LogP contribution >= 0.6 is 0 Å². The van der Waals surface area contributed by atoms with Crippen LogP contribution in [0.5, 0.6) is 5.75 Å². The molecule has 0 saturated carbocycles. The summed E-state index contributed by atoms with van der Waals surface area (Å²) < 4.78 is 6.56. The zero-order valence-electron chi connectivity index (χ0n) is 9.30. The molecule has 1 aromatic heterocycles. The van der Waals surface area contributed by atoms with Crippen LogP contribution in [-0.2, 0) is 4.79 Å². The van der Waals surface area contributed by atoms with Crippen LogP contribution in [-0.4, -0.2) is 38.8 Å². The molecule has 0 atom stereocenters. The van der Waals surface area contributed by atoms with Crippen molar-refractivity contribution in [1.82, 2.24) is 14.9 Å². The van der Waals surface area contributed by atoms with Gasteiger partial charge in [-0.3, -0.25) is 0 Å². The van der Waals surface area contributed by atoms with Crippen LogP contribution in [0.25, 0.3) is 0 Å². The van der Waals surface area contributed by atoms with Crippen LogP contribution in [0.15, 0.2) is 42.0 Å². The van der Waals surface area contributed by atoms with Crippen molar-refractivity contribution in [2.24, 2.45) is 5.10 Å². The number of aliphatic carboxylic acids is 1. The molecule has 1 N–H and O–H groups in total. The number of para-hydroxylation sites is 1. The number of rotatable bonds is 5. The Morgan fingerprint density at radius 2 is 2.11 bits per heavy atom. The Morgan fingerprint density at radius 3 is 2.83 bits per heavy atom. The Balaban J connectivity index is 2.14. The number of hydrogen-bond donors (Lipinski definition) is 1. The fraction of sp³-hybridized carbons (Fsp3) is 0.0909. The lowest BCUT2D eigenvalue weighted by Gasteiger charge is -2.05. The summed E-state index contributed by atoms with van der Waals surface area (Å²) in [4.78, 5) is 10.4. The van der Waals surface area contributed by atoms with E-state index in [-0.39, 0.29) is 0 Å². The third kappa shape index (κ3) is 3.14. The molecule has 7 nitrogen and oxygen atoms in total. The number of carboxylic acid groups (broad SMARTS) is 1. The summed E-state index contributed by atoms with van der Waals surface area (Å²) >= 11 is 0. The molecule has 2 rings (SSSR count). The van der Waals surface area contributed by atoms with Crippen molar-refractivity contribution in [3.63, 3.8) is 0 Å². The maximum absolute atomic E-state index is 10.4. The number of hydrogen-bond acceptors (Lipinski definition) is 5. The molecule has 0 aliphatic heterocycles.